The number of aromatic nitrogens is 2. The summed E-state index contributed by atoms with van der Waals surface area (Å²) in [4.78, 5) is 10.7. The topological polar surface area (TPSA) is 75.3 Å². The fraction of sp³-hybridized carbons (Fsp3) is 0. The molecule has 0 aliphatic rings. The Hall–Kier alpha value is -1.75. The first-order chi connectivity index (χ1) is 6.59. The van der Waals surface area contributed by atoms with Crippen LogP contribution in [0.5, 0.6) is 5.88 Å². The summed E-state index contributed by atoms with van der Waals surface area (Å²) in [7, 11) is 0. The highest BCUT2D eigenvalue weighted by Crippen LogP contribution is 2.26. The van der Waals surface area contributed by atoms with Gasteiger partial charge in [-0.05, 0) is 18.2 Å². The summed E-state index contributed by atoms with van der Waals surface area (Å²) in [6.45, 7) is 0. The molecule has 2 N–H and O–H groups in total. The fourth-order valence-corrected chi connectivity index (χ4v) is 1.38. The van der Waals surface area contributed by atoms with Crippen LogP contribution in [0.25, 0.3) is 10.9 Å². The average Bonchev–Trinajstić information content (AvgIpc) is 2.43. The van der Waals surface area contributed by atoms with Gasteiger partial charge >= 0.3 is 6.09 Å². The molecule has 14 heavy (non-hydrogen) atoms. The number of nitrogens with zero attached hydrogens (tertiary/aromatic N) is 2. The van der Waals surface area contributed by atoms with Gasteiger partial charge in [-0.1, -0.05) is 11.6 Å². The van der Waals surface area contributed by atoms with Crippen molar-refractivity contribution in [3.8, 4) is 5.88 Å². The summed E-state index contributed by atoms with van der Waals surface area (Å²) < 4.78 is 0.677. The first-order valence-corrected chi connectivity index (χ1v) is 4.08. The van der Waals surface area contributed by atoms with Gasteiger partial charge in [0.15, 0.2) is 0 Å². The number of halogens is 1. The van der Waals surface area contributed by atoms with Crippen molar-refractivity contribution in [1.29, 1.82) is 0 Å². The number of benzene rings is 1. The van der Waals surface area contributed by atoms with Crippen LogP contribution in [0.2, 0.25) is 5.02 Å². The van der Waals surface area contributed by atoms with Crippen LogP contribution in [0.4, 0.5) is 4.79 Å². The molecule has 2 aromatic rings. The fourth-order valence-electron chi connectivity index (χ4n) is 1.22. The van der Waals surface area contributed by atoms with E-state index in [0.29, 0.717) is 15.1 Å². The van der Waals surface area contributed by atoms with Gasteiger partial charge in [0.1, 0.15) is 0 Å². The lowest BCUT2D eigenvalue weighted by Crippen LogP contribution is -2.08. The standard InChI is InChI=1S/C8H5ClN2O3/c9-4-1-2-5-6(3-4)11(8(13)14)10-7(5)12/h1-3H,(H,10,12)(H,13,14). The van der Waals surface area contributed by atoms with E-state index < -0.39 is 6.09 Å². The van der Waals surface area contributed by atoms with E-state index in [1.807, 2.05) is 0 Å². The Morgan fingerprint density at radius 3 is 2.86 bits per heavy atom. The minimum absolute atomic E-state index is 0.266. The molecule has 0 aliphatic heterocycles. The van der Waals surface area contributed by atoms with Gasteiger partial charge in [0.2, 0.25) is 5.88 Å². The molecular formula is C8H5ClN2O3. The molecule has 0 unspecified atom stereocenters. The van der Waals surface area contributed by atoms with Crippen LogP contribution >= 0.6 is 11.6 Å². The molecule has 0 radical (unpaired) electrons. The number of hydrogen-bond donors (Lipinski definition) is 2. The lowest BCUT2D eigenvalue weighted by atomic mass is 10.2. The second-order valence-electron chi connectivity index (χ2n) is 2.68. The lowest BCUT2D eigenvalue weighted by molar-refractivity contribution is 0.193. The van der Waals surface area contributed by atoms with Gasteiger partial charge in [0, 0.05) is 5.02 Å². The predicted molar refractivity (Wildman–Crippen MR) is 49.8 cm³/mol. The molecule has 0 aliphatic carbocycles. The summed E-state index contributed by atoms with van der Waals surface area (Å²) in [5.74, 6) is -0.320. The minimum atomic E-state index is -1.27. The average molecular weight is 213 g/mol. The monoisotopic (exact) mass is 212 g/mol. The van der Waals surface area contributed by atoms with E-state index in [9.17, 15) is 9.90 Å². The molecule has 0 atom stereocenters. The van der Waals surface area contributed by atoms with E-state index in [0.717, 1.165) is 0 Å². The van der Waals surface area contributed by atoms with Crippen molar-refractivity contribution >= 4 is 28.6 Å². The van der Waals surface area contributed by atoms with Crippen molar-refractivity contribution in [2.75, 3.05) is 0 Å². The summed E-state index contributed by atoms with van der Waals surface area (Å²) in [5, 5.41) is 22.2. The zero-order chi connectivity index (χ0) is 10.3. The number of fused-ring (bicyclic) bond motifs is 1. The Bertz CT molecular complexity index is 521. The molecule has 5 nitrogen and oxygen atoms in total. The van der Waals surface area contributed by atoms with Crippen LogP contribution in [0.3, 0.4) is 0 Å². The highest BCUT2D eigenvalue weighted by atomic mass is 35.5. The van der Waals surface area contributed by atoms with Crippen molar-refractivity contribution in [2.45, 2.75) is 0 Å². The Morgan fingerprint density at radius 2 is 2.21 bits per heavy atom. The predicted octanol–water partition coefficient (Wildman–Crippen LogP) is 1.92. The number of carboxylic acid groups (broad SMARTS) is 1. The van der Waals surface area contributed by atoms with Gasteiger partial charge in [-0.15, -0.1) is 5.10 Å². The molecule has 1 heterocycles. The van der Waals surface area contributed by atoms with Crippen LogP contribution < -0.4 is 0 Å². The molecule has 72 valence electrons. The molecule has 0 bridgehead atoms. The van der Waals surface area contributed by atoms with E-state index in [1.54, 1.807) is 6.07 Å². The van der Waals surface area contributed by atoms with Gasteiger partial charge in [-0.2, -0.15) is 4.68 Å². The van der Waals surface area contributed by atoms with Gasteiger partial charge in [0.25, 0.3) is 0 Å². The highest BCUT2D eigenvalue weighted by molar-refractivity contribution is 6.31. The van der Waals surface area contributed by atoms with E-state index in [2.05, 4.69) is 5.10 Å². The molecule has 0 saturated heterocycles. The van der Waals surface area contributed by atoms with E-state index in [1.165, 1.54) is 12.1 Å². The van der Waals surface area contributed by atoms with Crippen LogP contribution in [-0.2, 0) is 0 Å². The summed E-state index contributed by atoms with van der Waals surface area (Å²) in [6.07, 6.45) is -1.27. The SMILES string of the molecule is O=C(O)n1nc(O)c2ccc(Cl)cc21. The zero-order valence-electron chi connectivity index (χ0n) is 6.81. The molecule has 0 saturated carbocycles. The Kier molecular flexibility index (Phi) is 1.82. The third kappa shape index (κ3) is 1.18. The molecule has 1 aromatic heterocycles. The van der Waals surface area contributed by atoms with Crippen LogP contribution in [-0.4, -0.2) is 26.1 Å². The maximum atomic E-state index is 10.7. The van der Waals surface area contributed by atoms with E-state index >= 15 is 0 Å². The molecule has 1 aromatic carbocycles. The van der Waals surface area contributed by atoms with Crippen LogP contribution in [0.15, 0.2) is 18.2 Å². The first-order valence-electron chi connectivity index (χ1n) is 3.70. The second-order valence-corrected chi connectivity index (χ2v) is 3.12. The minimum Gasteiger partial charge on any atom is -0.492 e. The Morgan fingerprint density at radius 1 is 1.50 bits per heavy atom. The van der Waals surface area contributed by atoms with Crippen LogP contribution in [0, 0.1) is 0 Å². The number of aromatic hydroxyl groups is 1. The van der Waals surface area contributed by atoms with Gasteiger partial charge in [0.05, 0.1) is 10.9 Å². The Labute approximate surface area is 83.1 Å². The van der Waals surface area contributed by atoms with Crippen molar-refractivity contribution in [3.05, 3.63) is 23.2 Å². The maximum Gasteiger partial charge on any atom is 0.432 e. The molecule has 0 spiro atoms. The number of carbonyl (C=O) groups is 1. The van der Waals surface area contributed by atoms with Crippen molar-refractivity contribution in [3.63, 3.8) is 0 Å². The molecule has 2 rings (SSSR count). The maximum absolute atomic E-state index is 10.7. The van der Waals surface area contributed by atoms with Crippen molar-refractivity contribution in [2.24, 2.45) is 0 Å². The van der Waals surface area contributed by atoms with Crippen molar-refractivity contribution in [1.82, 2.24) is 9.78 Å². The summed E-state index contributed by atoms with van der Waals surface area (Å²) in [6, 6.07) is 4.49. The van der Waals surface area contributed by atoms with Gasteiger partial charge < -0.3 is 10.2 Å². The number of rotatable bonds is 0. The Balaban J connectivity index is 2.85. The van der Waals surface area contributed by atoms with E-state index in [-0.39, 0.29) is 11.4 Å². The smallest absolute Gasteiger partial charge is 0.432 e. The van der Waals surface area contributed by atoms with Crippen molar-refractivity contribution < 1.29 is 15.0 Å². The van der Waals surface area contributed by atoms with E-state index in [4.69, 9.17) is 16.7 Å². The molecule has 6 heteroatoms. The first kappa shape index (κ1) is 8.83. The third-order valence-corrected chi connectivity index (χ3v) is 2.04. The zero-order valence-corrected chi connectivity index (χ0v) is 7.56. The lowest BCUT2D eigenvalue weighted by Gasteiger charge is -1.94. The van der Waals surface area contributed by atoms with Gasteiger partial charge in [-0.3, -0.25) is 0 Å². The summed E-state index contributed by atoms with van der Waals surface area (Å²) >= 11 is 5.69. The quantitative estimate of drug-likeness (QED) is 0.700. The second kappa shape index (κ2) is 2.88. The number of hydrogen-bond acceptors (Lipinski definition) is 3. The molecule has 0 fully saturated rings. The largest absolute Gasteiger partial charge is 0.492 e. The normalized spacial score (nSPS) is 10.6. The van der Waals surface area contributed by atoms with Gasteiger partial charge in [-0.25, -0.2) is 4.79 Å². The third-order valence-electron chi connectivity index (χ3n) is 1.80. The summed E-state index contributed by atoms with van der Waals surface area (Å²) in [5.41, 5.74) is 0.266. The molecule has 0 amide bonds. The molecular weight excluding hydrogens is 208 g/mol. The highest BCUT2D eigenvalue weighted by Gasteiger charge is 2.13. The van der Waals surface area contributed by atoms with Crippen LogP contribution in [0.1, 0.15) is 0 Å².